The Morgan fingerprint density at radius 2 is 2.00 bits per heavy atom. The minimum absolute atomic E-state index is 0.407. The summed E-state index contributed by atoms with van der Waals surface area (Å²) in [4.78, 5) is 8.73. The highest BCUT2D eigenvalue weighted by Gasteiger charge is 2.12. The summed E-state index contributed by atoms with van der Waals surface area (Å²) in [5.74, 6) is 1.99. The zero-order chi connectivity index (χ0) is 24.8. The van der Waals surface area contributed by atoms with Crippen LogP contribution in [0.1, 0.15) is 17.8 Å². The van der Waals surface area contributed by atoms with Gasteiger partial charge in [-0.15, -0.1) is 11.7 Å². The number of rotatable bonds is 10. The molecule has 0 aliphatic rings. The summed E-state index contributed by atoms with van der Waals surface area (Å²) >= 11 is 18.2. The van der Waals surface area contributed by atoms with Crippen LogP contribution in [-0.2, 0) is 13.0 Å². The summed E-state index contributed by atoms with van der Waals surface area (Å²) in [7, 11) is 1.61. The number of ether oxygens (including phenoxy) is 1. The van der Waals surface area contributed by atoms with E-state index in [1.54, 1.807) is 36.3 Å². The van der Waals surface area contributed by atoms with Crippen molar-refractivity contribution < 1.29 is 4.74 Å². The number of allylic oxidation sites excluding steroid dienone is 2. The lowest BCUT2D eigenvalue weighted by atomic mass is 10.2. The van der Waals surface area contributed by atoms with Gasteiger partial charge >= 0.3 is 0 Å². The van der Waals surface area contributed by atoms with Crippen LogP contribution in [0.15, 0.2) is 67.7 Å². The normalized spacial score (nSPS) is 11.2. The van der Waals surface area contributed by atoms with Gasteiger partial charge in [-0.2, -0.15) is 4.98 Å². The second-order valence-corrected chi connectivity index (χ2v) is 8.78. The molecule has 2 aromatic carbocycles. The summed E-state index contributed by atoms with van der Waals surface area (Å²) in [5, 5.41) is 9.48. The van der Waals surface area contributed by atoms with E-state index >= 15 is 0 Å². The topological polar surface area (TPSA) is 69.8 Å². The number of nitrogens with one attached hydrogen (secondary N) is 1. The number of anilines is 2. The number of imidazole rings is 1. The highest BCUT2D eigenvalue weighted by molar-refractivity contribution is 6.35. The van der Waals surface area contributed by atoms with E-state index in [2.05, 4.69) is 33.0 Å². The van der Waals surface area contributed by atoms with Gasteiger partial charge in [0.05, 0.1) is 19.3 Å². The molecule has 35 heavy (non-hydrogen) atoms. The van der Waals surface area contributed by atoms with E-state index in [9.17, 15) is 0 Å². The second-order valence-electron chi connectivity index (χ2n) is 7.54. The van der Waals surface area contributed by atoms with E-state index in [-0.39, 0.29) is 0 Å². The maximum absolute atomic E-state index is 6.24. The van der Waals surface area contributed by atoms with Gasteiger partial charge in [-0.3, -0.25) is 0 Å². The van der Waals surface area contributed by atoms with Crippen molar-refractivity contribution in [1.82, 2.24) is 24.3 Å². The third-order valence-corrected chi connectivity index (χ3v) is 5.87. The van der Waals surface area contributed by atoms with Gasteiger partial charge < -0.3 is 14.6 Å². The Labute approximate surface area is 218 Å². The van der Waals surface area contributed by atoms with Crippen LogP contribution >= 0.6 is 34.8 Å². The zero-order valence-electron chi connectivity index (χ0n) is 19.0. The summed E-state index contributed by atoms with van der Waals surface area (Å²) in [6, 6.07) is 11.1. The standard InChI is InChI=1S/C25H23Cl3N6O/c1-3-12-34-24(7-5-4-6-17-8-9-18(26)13-20(17)27)31-25(32-34)30-19-10-11-21(22(14-19)35-2)33-15-23(28)29-16-33/h3-4,6,8-11,13-16H,1,5,7,12H2,2H3,(H,30,32). The quantitative estimate of drug-likeness (QED) is 0.224. The molecular formula is C25H23Cl3N6O. The Bertz CT molecular complexity index is 1360. The van der Waals surface area contributed by atoms with Gasteiger partial charge in [0.25, 0.3) is 0 Å². The van der Waals surface area contributed by atoms with E-state index in [1.807, 2.05) is 41.1 Å². The van der Waals surface area contributed by atoms with Crippen LogP contribution in [-0.4, -0.2) is 31.4 Å². The maximum atomic E-state index is 6.24. The van der Waals surface area contributed by atoms with Gasteiger partial charge in [0.1, 0.15) is 23.1 Å². The van der Waals surface area contributed by atoms with Crippen LogP contribution in [0.3, 0.4) is 0 Å². The first-order valence-electron chi connectivity index (χ1n) is 10.8. The number of aromatic nitrogens is 5. The van der Waals surface area contributed by atoms with Crippen LogP contribution in [0.5, 0.6) is 5.75 Å². The monoisotopic (exact) mass is 528 g/mol. The molecule has 0 unspecified atom stereocenters. The molecule has 0 bridgehead atoms. The van der Waals surface area contributed by atoms with Gasteiger partial charge in [-0.1, -0.05) is 59.1 Å². The molecule has 0 aliphatic carbocycles. The Kier molecular flexibility index (Phi) is 8.13. The molecule has 0 saturated heterocycles. The molecule has 2 aromatic heterocycles. The van der Waals surface area contributed by atoms with E-state index in [0.29, 0.717) is 39.9 Å². The first kappa shape index (κ1) is 24.9. The smallest absolute Gasteiger partial charge is 0.246 e. The summed E-state index contributed by atoms with van der Waals surface area (Å²) in [6.45, 7) is 4.38. The third kappa shape index (κ3) is 6.25. The van der Waals surface area contributed by atoms with Gasteiger partial charge in [0.15, 0.2) is 0 Å². The Balaban J connectivity index is 1.47. The molecule has 0 radical (unpaired) electrons. The first-order chi connectivity index (χ1) is 17.0. The number of hydrogen-bond acceptors (Lipinski definition) is 5. The molecule has 0 atom stereocenters. The maximum Gasteiger partial charge on any atom is 0.246 e. The first-order valence-corrected chi connectivity index (χ1v) is 11.9. The molecular weight excluding hydrogens is 507 g/mol. The zero-order valence-corrected chi connectivity index (χ0v) is 21.2. The van der Waals surface area contributed by atoms with E-state index in [4.69, 9.17) is 39.5 Å². The predicted octanol–water partition coefficient (Wildman–Crippen LogP) is 7.01. The average molecular weight is 530 g/mol. The molecule has 4 aromatic rings. The molecule has 2 heterocycles. The average Bonchev–Trinajstić information content (AvgIpc) is 3.43. The van der Waals surface area contributed by atoms with Crippen molar-refractivity contribution in [2.45, 2.75) is 19.4 Å². The van der Waals surface area contributed by atoms with Gasteiger partial charge in [-0.05, 0) is 36.2 Å². The fourth-order valence-corrected chi connectivity index (χ4v) is 4.09. The van der Waals surface area contributed by atoms with Gasteiger partial charge in [-0.25, -0.2) is 9.67 Å². The SMILES string of the molecule is C=CCn1nc(Nc2ccc(-n3cnc(Cl)c3)c(OC)c2)nc1CCC=Cc1ccc(Cl)cc1Cl. The molecule has 0 amide bonds. The van der Waals surface area contributed by atoms with Crippen molar-refractivity contribution >= 4 is 52.5 Å². The Morgan fingerprint density at radius 3 is 2.71 bits per heavy atom. The van der Waals surface area contributed by atoms with E-state index in [0.717, 1.165) is 29.2 Å². The lowest BCUT2D eigenvalue weighted by Crippen LogP contribution is -2.04. The summed E-state index contributed by atoms with van der Waals surface area (Å²) in [6.07, 6.45) is 10.6. The highest BCUT2D eigenvalue weighted by Crippen LogP contribution is 2.28. The van der Waals surface area contributed by atoms with Gasteiger partial charge in [0.2, 0.25) is 5.95 Å². The number of benzene rings is 2. The lowest BCUT2D eigenvalue weighted by Gasteiger charge is -2.11. The number of halogens is 3. The second kappa shape index (κ2) is 11.4. The van der Waals surface area contributed by atoms with Crippen molar-refractivity contribution in [3.8, 4) is 11.4 Å². The van der Waals surface area contributed by atoms with Crippen LogP contribution in [0.4, 0.5) is 11.6 Å². The molecule has 0 spiro atoms. The Morgan fingerprint density at radius 1 is 1.14 bits per heavy atom. The Hall–Kier alpha value is -3.26. The highest BCUT2D eigenvalue weighted by atomic mass is 35.5. The molecule has 0 saturated carbocycles. The minimum Gasteiger partial charge on any atom is -0.494 e. The van der Waals surface area contributed by atoms with E-state index < -0.39 is 0 Å². The molecule has 4 rings (SSSR count). The molecule has 10 heteroatoms. The molecule has 180 valence electrons. The van der Waals surface area contributed by atoms with Crippen LogP contribution in [0.25, 0.3) is 11.8 Å². The van der Waals surface area contributed by atoms with Gasteiger partial charge in [0, 0.05) is 34.4 Å². The third-order valence-electron chi connectivity index (χ3n) is 5.11. The van der Waals surface area contributed by atoms with E-state index in [1.165, 1.54) is 0 Å². The fourth-order valence-electron chi connectivity index (χ4n) is 3.47. The van der Waals surface area contributed by atoms with Crippen LogP contribution < -0.4 is 10.1 Å². The molecule has 1 N–H and O–H groups in total. The van der Waals surface area contributed by atoms with Crippen molar-refractivity contribution in [2.75, 3.05) is 12.4 Å². The largest absolute Gasteiger partial charge is 0.494 e. The minimum atomic E-state index is 0.407. The van der Waals surface area contributed by atoms with Crippen LogP contribution in [0, 0.1) is 0 Å². The molecule has 0 aliphatic heterocycles. The van der Waals surface area contributed by atoms with Crippen molar-refractivity contribution in [1.29, 1.82) is 0 Å². The van der Waals surface area contributed by atoms with Crippen molar-refractivity contribution in [3.05, 3.63) is 94.2 Å². The number of methoxy groups -OCH3 is 1. The number of hydrogen-bond donors (Lipinski definition) is 1. The number of nitrogens with zero attached hydrogens (tertiary/aromatic N) is 5. The summed E-state index contributed by atoms with van der Waals surface area (Å²) in [5.41, 5.74) is 2.52. The van der Waals surface area contributed by atoms with Crippen molar-refractivity contribution in [2.24, 2.45) is 0 Å². The lowest BCUT2D eigenvalue weighted by molar-refractivity contribution is 0.413. The molecule has 0 fully saturated rings. The fraction of sp³-hybridized carbons (Fsp3) is 0.160. The van der Waals surface area contributed by atoms with Crippen LogP contribution in [0.2, 0.25) is 15.2 Å². The number of aryl methyl sites for hydroxylation is 1. The summed E-state index contributed by atoms with van der Waals surface area (Å²) < 4.78 is 9.18. The predicted molar refractivity (Wildman–Crippen MR) is 142 cm³/mol. The molecule has 7 nitrogen and oxygen atoms in total. The van der Waals surface area contributed by atoms with Crippen molar-refractivity contribution in [3.63, 3.8) is 0 Å².